The number of benzene rings is 3. The summed E-state index contributed by atoms with van der Waals surface area (Å²) in [5, 5.41) is 4.60. The molecule has 36 heavy (non-hydrogen) atoms. The predicted molar refractivity (Wildman–Crippen MR) is 135 cm³/mol. The number of hydrogen-bond acceptors (Lipinski definition) is 6. The molecule has 8 nitrogen and oxygen atoms in total. The molecule has 1 fully saturated rings. The Balaban J connectivity index is 1.31. The van der Waals surface area contributed by atoms with Gasteiger partial charge in [0.25, 0.3) is 17.1 Å². The Morgan fingerprint density at radius 2 is 1.58 bits per heavy atom. The van der Waals surface area contributed by atoms with Crippen molar-refractivity contribution in [3.05, 3.63) is 95.1 Å². The number of halogens is 1. The lowest BCUT2D eigenvalue weighted by Gasteiger charge is -2.12. The van der Waals surface area contributed by atoms with E-state index < -0.39 is 29.4 Å². The van der Waals surface area contributed by atoms with Crippen molar-refractivity contribution in [2.75, 3.05) is 23.8 Å². The maximum atomic E-state index is 13.3. The van der Waals surface area contributed by atoms with Crippen molar-refractivity contribution in [1.29, 1.82) is 0 Å². The summed E-state index contributed by atoms with van der Waals surface area (Å²) in [4.78, 5) is 50.2. The second-order valence-electron chi connectivity index (χ2n) is 7.60. The maximum absolute atomic E-state index is 13.3. The zero-order chi connectivity index (χ0) is 25.5. The monoisotopic (exact) mass is 505 g/mol. The summed E-state index contributed by atoms with van der Waals surface area (Å²) in [5.74, 6) is -1.59. The van der Waals surface area contributed by atoms with Gasteiger partial charge in [0, 0.05) is 11.4 Å². The molecule has 182 valence electrons. The van der Waals surface area contributed by atoms with Gasteiger partial charge < -0.3 is 15.4 Å². The third-order valence-corrected chi connectivity index (χ3v) is 5.80. The molecule has 1 aliphatic heterocycles. The quantitative estimate of drug-likeness (QED) is 0.436. The molecule has 0 radical (unpaired) electrons. The van der Waals surface area contributed by atoms with Gasteiger partial charge in [-0.1, -0.05) is 36.4 Å². The summed E-state index contributed by atoms with van der Waals surface area (Å²) in [6.07, 6.45) is 1.53. The molecule has 0 atom stereocenters. The standard InChI is InChI=1S/C26H20FN3O5S/c27-18-5-4-8-20(14-18)29-23(31)15-30-25(33)22(36-26(30)34)13-17-9-11-21(12-10-17)35-16-24(32)28-19-6-2-1-3-7-19/h1-14H,15-16H2,(H,28,32)(H,29,31)/b22-13+. The average Bonchev–Trinajstić information content (AvgIpc) is 3.11. The van der Waals surface area contributed by atoms with Crippen LogP contribution in [0.5, 0.6) is 5.75 Å². The third kappa shape index (κ3) is 6.57. The van der Waals surface area contributed by atoms with Crippen LogP contribution in [0.15, 0.2) is 83.8 Å². The van der Waals surface area contributed by atoms with Crippen LogP contribution in [-0.2, 0) is 14.4 Å². The minimum Gasteiger partial charge on any atom is -0.484 e. The van der Waals surface area contributed by atoms with Crippen LogP contribution in [0.3, 0.4) is 0 Å². The van der Waals surface area contributed by atoms with Crippen LogP contribution in [0, 0.1) is 5.82 Å². The molecule has 2 N–H and O–H groups in total. The highest BCUT2D eigenvalue weighted by molar-refractivity contribution is 8.18. The molecule has 0 aromatic heterocycles. The number of rotatable bonds is 8. The van der Waals surface area contributed by atoms with Gasteiger partial charge in [-0.15, -0.1) is 0 Å². The van der Waals surface area contributed by atoms with Gasteiger partial charge in [-0.05, 0) is 65.9 Å². The van der Waals surface area contributed by atoms with E-state index >= 15 is 0 Å². The van der Waals surface area contributed by atoms with Gasteiger partial charge in [0.05, 0.1) is 4.91 Å². The highest BCUT2D eigenvalue weighted by Gasteiger charge is 2.36. The van der Waals surface area contributed by atoms with Gasteiger partial charge >= 0.3 is 0 Å². The molecule has 4 rings (SSSR count). The molecule has 0 bridgehead atoms. The van der Waals surface area contributed by atoms with Crippen LogP contribution >= 0.6 is 11.8 Å². The predicted octanol–water partition coefficient (Wildman–Crippen LogP) is 4.52. The van der Waals surface area contributed by atoms with Gasteiger partial charge in [0.15, 0.2) is 6.61 Å². The highest BCUT2D eigenvalue weighted by Crippen LogP contribution is 2.32. The number of nitrogens with one attached hydrogen (secondary N) is 2. The van der Waals surface area contributed by atoms with Crippen LogP contribution in [0.1, 0.15) is 5.56 Å². The van der Waals surface area contributed by atoms with E-state index in [1.807, 2.05) is 18.2 Å². The summed E-state index contributed by atoms with van der Waals surface area (Å²) >= 11 is 0.721. The molecule has 0 aliphatic carbocycles. The topological polar surface area (TPSA) is 105 Å². The zero-order valence-electron chi connectivity index (χ0n) is 18.8. The second-order valence-corrected chi connectivity index (χ2v) is 8.59. The number of nitrogens with zero attached hydrogens (tertiary/aromatic N) is 1. The smallest absolute Gasteiger partial charge is 0.294 e. The fourth-order valence-electron chi connectivity index (χ4n) is 3.23. The number of thioether (sulfide) groups is 1. The first-order chi connectivity index (χ1) is 17.4. The molecular formula is C26H20FN3O5S. The third-order valence-electron chi connectivity index (χ3n) is 4.89. The molecule has 1 saturated heterocycles. The molecule has 4 amide bonds. The number of anilines is 2. The van der Waals surface area contributed by atoms with Crippen molar-refractivity contribution in [2.45, 2.75) is 0 Å². The lowest BCUT2D eigenvalue weighted by atomic mass is 10.2. The first-order valence-electron chi connectivity index (χ1n) is 10.8. The molecule has 0 saturated carbocycles. The number of amides is 4. The molecule has 0 spiro atoms. The fraction of sp³-hybridized carbons (Fsp3) is 0.0769. The van der Waals surface area contributed by atoms with Crippen LogP contribution < -0.4 is 15.4 Å². The fourth-order valence-corrected chi connectivity index (χ4v) is 4.06. The summed E-state index contributed by atoms with van der Waals surface area (Å²) in [6, 6.07) is 20.9. The maximum Gasteiger partial charge on any atom is 0.294 e. The van der Waals surface area contributed by atoms with Crippen molar-refractivity contribution in [3.8, 4) is 5.75 Å². The van der Waals surface area contributed by atoms with E-state index in [1.54, 1.807) is 36.4 Å². The van der Waals surface area contributed by atoms with Crippen LogP contribution in [0.25, 0.3) is 6.08 Å². The van der Waals surface area contributed by atoms with Crippen LogP contribution in [-0.4, -0.2) is 41.0 Å². The van der Waals surface area contributed by atoms with Gasteiger partial charge in [0.2, 0.25) is 5.91 Å². The van der Waals surface area contributed by atoms with Crippen molar-refractivity contribution in [3.63, 3.8) is 0 Å². The van der Waals surface area contributed by atoms with Gasteiger partial charge in [-0.3, -0.25) is 24.1 Å². The molecular weight excluding hydrogens is 485 g/mol. The summed E-state index contributed by atoms with van der Waals surface area (Å²) < 4.78 is 18.8. The largest absolute Gasteiger partial charge is 0.484 e. The zero-order valence-corrected chi connectivity index (χ0v) is 19.6. The summed E-state index contributed by atoms with van der Waals surface area (Å²) in [7, 11) is 0. The molecule has 1 aliphatic rings. The van der Waals surface area contributed by atoms with Crippen molar-refractivity contribution in [2.24, 2.45) is 0 Å². The SMILES string of the molecule is O=C(COc1ccc(/C=C2/SC(=O)N(CC(=O)Nc3cccc(F)c3)C2=O)cc1)Nc1ccccc1. The van der Waals surface area contributed by atoms with Crippen molar-refractivity contribution < 1.29 is 28.3 Å². The van der Waals surface area contributed by atoms with Crippen LogP contribution in [0.2, 0.25) is 0 Å². The normalized spacial score (nSPS) is 14.1. The van der Waals surface area contributed by atoms with E-state index in [0.717, 1.165) is 22.7 Å². The first-order valence-corrected chi connectivity index (χ1v) is 11.6. The minimum atomic E-state index is -0.623. The number of carbonyl (C=O) groups excluding carboxylic acids is 4. The number of imide groups is 1. The Morgan fingerprint density at radius 1 is 0.889 bits per heavy atom. The Labute approximate surface area is 210 Å². The first kappa shape index (κ1) is 24.7. The van der Waals surface area contributed by atoms with E-state index in [1.165, 1.54) is 24.3 Å². The Morgan fingerprint density at radius 3 is 2.31 bits per heavy atom. The van der Waals surface area contributed by atoms with Gasteiger partial charge in [-0.25, -0.2) is 4.39 Å². The number of carbonyl (C=O) groups is 4. The Bertz CT molecular complexity index is 1330. The van der Waals surface area contributed by atoms with E-state index in [2.05, 4.69) is 10.6 Å². The lowest BCUT2D eigenvalue weighted by Crippen LogP contribution is -2.36. The van der Waals surface area contributed by atoms with Gasteiger partial charge in [-0.2, -0.15) is 0 Å². The molecule has 3 aromatic rings. The van der Waals surface area contributed by atoms with Crippen LogP contribution in [0.4, 0.5) is 20.6 Å². The van der Waals surface area contributed by atoms with Crippen molar-refractivity contribution in [1.82, 2.24) is 4.90 Å². The summed E-state index contributed by atoms with van der Waals surface area (Å²) in [6.45, 7) is -0.666. The Kier molecular flexibility index (Phi) is 7.76. The van der Waals surface area contributed by atoms with E-state index in [0.29, 0.717) is 17.0 Å². The molecule has 0 unspecified atom stereocenters. The average molecular weight is 506 g/mol. The summed E-state index contributed by atoms with van der Waals surface area (Å²) in [5.41, 5.74) is 1.52. The number of ether oxygens (including phenoxy) is 1. The van der Waals surface area contributed by atoms with E-state index in [4.69, 9.17) is 4.74 Å². The van der Waals surface area contributed by atoms with Crippen molar-refractivity contribution >= 4 is 52.2 Å². The molecule has 3 aromatic carbocycles. The second kappa shape index (κ2) is 11.3. The molecule has 1 heterocycles. The number of para-hydroxylation sites is 1. The van der Waals surface area contributed by atoms with E-state index in [-0.39, 0.29) is 23.1 Å². The number of hydrogen-bond donors (Lipinski definition) is 2. The highest BCUT2D eigenvalue weighted by atomic mass is 32.2. The van der Waals surface area contributed by atoms with E-state index in [9.17, 15) is 23.6 Å². The Hall–Kier alpha value is -4.44. The lowest BCUT2D eigenvalue weighted by molar-refractivity contribution is -0.127. The molecule has 10 heteroatoms. The minimum absolute atomic E-state index is 0.162. The van der Waals surface area contributed by atoms with Gasteiger partial charge in [0.1, 0.15) is 18.1 Å².